The van der Waals surface area contributed by atoms with Crippen LogP contribution in [0, 0.1) is 0 Å². The van der Waals surface area contributed by atoms with Gasteiger partial charge in [0, 0.05) is 51.2 Å². The predicted octanol–water partition coefficient (Wildman–Crippen LogP) is 2.47. The van der Waals surface area contributed by atoms with Crippen molar-refractivity contribution in [3.8, 4) is 0 Å². The molecule has 1 aliphatic heterocycles. The number of rotatable bonds is 5. The van der Waals surface area contributed by atoms with Crippen LogP contribution in [0.3, 0.4) is 0 Å². The fourth-order valence-corrected chi connectivity index (χ4v) is 3.57. The molecule has 3 heterocycles. The minimum absolute atomic E-state index is 0.134. The van der Waals surface area contributed by atoms with Gasteiger partial charge in [0.05, 0.1) is 5.69 Å². The Labute approximate surface area is 149 Å². The summed E-state index contributed by atoms with van der Waals surface area (Å²) in [6.07, 6.45) is 1.53. The molecule has 4 rings (SSSR count). The monoisotopic (exact) mass is 366 g/mol. The van der Waals surface area contributed by atoms with Gasteiger partial charge >= 0.3 is 6.18 Å². The van der Waals surface area contributed by atoms with Crippen molar-refractivity contribution < 1.29 is 13.2 Å². The maximum absolute atomic E-state index is 13.0. The Morgan fingerprint density at radius 3 is 2.65 bits per heavy atom. The molecule has 1 saturated carbocycles. The van der Waals surface area contributed by atoms with Crippen molar-refractivity contribution in [3.63, 3.8) is 0 Å². The van der Waals surface area contributed by atoms with E-state index in [2.05, 4.69) is 20.0 Å². The van der Waals surface area contributed by atoms with Crippen molar-refractivity contribution in [3.05, 3.63) is 35.9 Å². The zero-order chi connectivity index (χ0) is 18.3. The Kier molecular flexibility index (Phi) is 4.34. The normalized spacial score (nSPS) is 21.3. The van der Waals surface area contributed by atoms with Gasteiger partial charge in [-0.3, -0.25) is 9.58 Å². The highest BCUT2D eigenvalue weighted by molar-refractivity contribution is 5.37. The number of hydrogen-bond acceptors (Lipinski definition) is 5. The van der Waals surface area contributed by atoms with Crippen LogP contribution in [0.2, 0.25) is 0 Å². The van der Waals surface area contributed by atoms with E-state index in [1.165, 1.54) is 6.20 Å². The number of anilines is 1. The van der Waals surface area contributed by atoms with Crippen molar-refractivity contribution in [2.75, 3.05) is 18.0 Å². The highest BCUT2D eigenvalue weighted by Crippen LogP contribution is 2.36. The zero-order valence-corrected chi connectivity index (χ0v) is 14.5. The summed E-state index contributed by atoms with van der Waals surface area (Å²) < 4.78 is 40.8. The van der Waals surface area contributed by atoms with Crippen molar-refractivity contribution in [1.29, 1.82) is 0 Å². The van der Waals surface area contributed by atoms with Crippen molar-refractivity contribution in [2.45, 2.75) is 44.1 Å². The average Bonchev–Trinajstić information content (AvgIpc) is 3.17. The maximum atomic E-state index is 13.0. The first-order valence-corrected chi connectivity index (χ1v) is 8.79. The molecule has 0 radical (unpaired) electrons. The smallest absolute Gasteiger partial charge is 0.334 e. The molecule has 2 aromatic heterocycles. The molecule has 0 bridgehead atoms. The van der Waals surface area contributed by atoms with E-state index >= 15 is 0 Å². The third-order valence-corrected chi connectivity index (χ3v) is 4.90. The van der Waals surface area contributed by atoms with Crippen LogP contribution in [0.25, 0.3) is 0 Å². The number of nitrogens with zero attached hydrogens (tertiary/aromatic N) is 6. The van der Waals surface area contributed by atoms with E-state index in [4.69, 9.17) is 0 Å². The van der Waals surface area contributed by atoms with Crippen LogP contribution < -0.4 is 4.90 Å². The number of halogens is 3. The summed E-state index contributed by atoms with van der Waals surface area (Å²) in [6, 6.07) is 3.30. The van der Waals surface area contributed by atoms with Gasteiger partial charge in [-0.2, -0.15) is 18.3 Å². The summed E-state index contributed by atoms with van der Waals surface area (Å²) in [5.74, 6) is 0.201. The van der Waals surface area contributed by atoms with E-state index < -0.39 is 11.9 Å². The Morgan fingerprint density at radius 1 is 1.19 bits per heavy atom. The minimum Gasteiger partial charge on any atom is -0.334 e. The van der Waals surface area contributed by atoms with Gasteiger partial charge in [-0.15, -0.1) is 0 Å². The Balaban J connectivity index is 1.49. The molecular formula is C17H21F3N6. The van der Waals surface area contributed by atoms with Gasteiger partial charge < -0.3 is 4.90 Å². The molecule has 0 amide bonds. The van der Waals surface area contributed by atoms with E-state index in [1.54, 1.807) is 4.68 Å². The first-order chi connectivity index (χ1) is 12.4. The van der Waals surface area contributed by atoms with Crippen LogP contribution in [-0.2, 0) is 19.8 Å². The lowest BCUT2D eigenvalue weighted by Gasteiger charge is -2.29. The molecule has 0 aromatic carbocycles. The second-order valence-electron chi connectivity index (χ2n) is 7.04. The summed E-state index contributed by atoms with van der Waals surface area (Å²) in [4.78, 5) is 12.3. The fraction of sp³-hybridized carbons (Fsp3) is 0.588. The van der Waals surface area contributed by atoms with Crippen LogP contribution in [0.5, 0.6) is 0 Å². The Bertz CT molecular complexity index is 770. The quantitative estimate of drug-likeness (QED) is 0.814. The molecular weight excluding hydrogens is 345 g/mol. The molecule has 2 aliphatic rings. The van der Waals surface area contributed by atoms with Crippen molar-refractivity contribution >= 4 is 5.95 Å². The summed E-state index contributed by atoms with van der Waals surface area (Å²) in [5.41, 5.74) is 0.123. The molecule has 1 unspecified atom stereocenters. The van der Waals surface area contributed by atoms with E-state index in [9.17, 15) is 13.2 Å². The van der Waals surface area contributed by atoms with Crippen LogP contribution >= 0.6 is 0 Å². The number of alkyl halides is 3. The molecule has 1 atom stereocenters. The van der Waals surface area contributed by atoms with Crippen LogP contribution in [0.1, 0.15) is 30.7 Å². The molecule has 6 nitrogen and oxygen atoms in total. The lowest BCUT2D eigenvalue weighted by Crippen LogP contribution is -2.40. The van der Waals surface area contributed by atoms with Gasteiger partial charge in [0.2, 0.25) is 5.95 Å². The molecule has 0 N–H and O–H groups in total. The lowest BCUT2D eigenvalue weighted by molar-refractivity contribution is -0.141. The molecule has 2 fully saturated rings. The van der Waals surface area contributed by atoms with E-state index in [0.29, 0.717) is 0 Å². The number of hydrogen-bond donors (Lipinski definition) is 0. The average molecular weight is 366 g/mol. The maximum Gasteiger partial charge on any atom is 0.433 e. The number of aromatic nitrogens is 4. The van der Waals surface area contributed by atoms with Crippen LogP contribution in [-0.4, -0.2) is 49.8 Å². The zero-order valence-electron chi connectivity index (χ0n) is 14.5. The SMILES string of the molecule is Cn1ccc(CN2CCC(N(c3nccc(C(F)(F)F)n3)C3CC3)C2)n1. The van der Waals surface area contributed by atoms with Gasteiger partial charge in [0.1, 0.15) is 5.69 Å². The Hall–Kier alpha value is -2.16. The summed E-state index contributed by atoms with van der Waals surface area (Å²) >= 11 is 0. The molecule has 2 aromatic rings. The van der Waals surface area contributed by atoms with Crippen molar-refractivity contribution in [2.24, 2.45) is 7.05 Å². The van der Waals surface area contributed by atoms with Gasteiger partial charge in [0.25, 0.3) is 0 Å². The first-order valence-electron chi connectivity index (χ1n) is 8.79. The minimum atomic E-state index is -4.45. The van der Waals surface area contributed by atoms with Gasteiger partial charge in [-0.25, -0.2) is 9.97 Å². The van der Waals surface area contributed by atoms with Gasteiger partial charge in [-0.05, 0) is 31.4 Å². The van der Waals surface area contributed by atoms with E-state index in [0.717, 1.165) is 50.7 Å². The highest BCUT2D eigenvalue weighted by Gasteiger charge is 2.40. The standard InChI is InChI=1S/C17H21F3N6/c1-24-8-5-12(23-24)10-25-9-6-14(11-25)26(13-2-3-13)16-21-7-4-15(22-16)17(18,19)20/h4-5,7-8,13-14H,2-3,6,9-11H2,1H3. The molecule has 9 heteroatoms. The van der Waals surface area contributed by atoms with Gasteiger partial charge in [-0.1, -0.05) is 0 Å². The Morgan fingerprint density at radius 2 is 2.00 bits per heavy atom. The summed E-state index contributed by atoms with van der Waals surface area (Å²) in [5, 5.41) is 4.40. The third-order valence-electron chi connectivity index (χ3n) is 4.90. The second-order valence-corrected chi connectivity index (χ2v) is 7.04. The third kappa shape index (κ3) is 3.67. The first kappa shape index (κ1) is 17.3. The topological polar surface area (TPSA) is 50.1 Å². The number of likely N-dealkylation sites (tertiary alicyclic amines) is 1. The van der Waals surface area contributed by atoms with E-state index in [-0.39, 0.29) is 18.0 Å². The van der Waals surface area contributed by atoms with Crippen molar-refractivity contribution in [1.82, 2.24) is 24.6 Å². The van der Waals surface area contributed by atoms with Crippen LogP contribution in [0.15, 0.2) is 24.5 Å². The van der Waals surface area contributed by atoms with Gasteiger partial charge in [0.15, 0.2) is 0 Å². The lowest BCUT2D eigenvalue weighted by atomic mass is 10.2. The molecule has 1 aliphatic carbocycles. The fourth-order valence-electron chi connectivity index (χ4n) is 3.57. The largest absolute Gasteiger partial charge is 0.433 e. The van der Waals surface area contributed by atoms with E-state index in [1.807, 2.05) is 24.2 Å². The molecule has 1 saturated heterocycles. The highest BCUT2D eigenvalue weighted by atomic mass is 19.4. The predicted molar refractivity (Wildman–Crippen MR) is 89.4 cm³/mol. The second kappa shape index (κ2) is 6.53. The van der Waals surface area contributed by atoms with Crippen LogP contribution in [0.4, 0.5) is 19.1 Å². The summed E-state index contributed by atoms with van der Waals surface area (Å²) in [7, 11) is 1.89. The molecule has 140 valence electrons. The summed E-state index contributed by atoms with van der Waals surface area (Å²) in [6.45, 7) is 2.43. The molecule has 26 heavy (non-hydrogen) atoms. The molecule has 0 spiro atoms. The number of aryl methyl sites for hydroxylation is 1.